The van der Waals surface area contributed by atoms with Crippen molar-refractivity contribution < 1.29 is 12.8 Å². The minimum atomic E-state index is -3.06. The van der Waals surface area contributed by atoms with Gasteiger partial charge in [0.2, 0.25) is 10.0 Å². The van der Waals surface area contributed by atoms with Crippen molar-refractivity contribution in [3.05, 3.63) is 0 Å². The van der Waals surface area contributed by atoms with Gasteiger partial charge in [0.25, 0.3) is 0 Å². The van der Waals surface area contributed by atoms with Gasteiger partial charge in [-0.3, -0.25) is 0 Å². The second-order valence-corrected chi connectivity index (χ2v) is 12.3. The van der Waals surface area contributed by atoms with Crippen molar-refractivity contribution in [2.45, 2.75) is 45.3 Å². The Bertz CT molecular complexity index is 307. The van der Waals surface area contributed by atoms with Gasteiger partial charge in [-0.15, -0.1) is 0 Å². The maximum absolute atomic E-state index is 10.8. The Balaban J connectivity index is 3.84. The molecule has 0 fully saturated rings. The summed E-state index contributed by atoms with van der Waals surface area (Å²) in [4.78, 5) is 0. The number of rotatable bonds is 6. The fourth-order valence-electron chi connectivity index (χ4n) is 0.874. The van der Waals surface area contributed by atoms with Gasteiger partial charge in [0, 0.05) is 13.2 Å². The van der Waals surface area contributed by atoms with Gasteiger partial charge in [-0.25, -0.2) is 13.1 Å². The molecule has 0 bridgehead atoms. The summed E-state index contributed by atoms with van der Waals surface area (Å²) in [5, 5.41) is 0.206. The van der Waals surface area contributed by atoms with E-state index < -0.39 is 18.3 Å². The van der Waals surface area contributed by atoms with Crippen LogP contribution in [0, 0.1) is 0 Å². The van der Waals surface area contributed by atoms with Crippen molar-refractivity contribution in [3.8, 4) is 0 Å². The van der Waals surface area contributed by atoms with Crippen molar-refractivity contribution in [2.75, 3.05) is 19.4 Å². The lowest BCUT2D eigenvalue weighted by molar-refractivity contribution is 0.283. The van der Waals surface area contributed by atoms with Crippen LogP contribution in [0.25, 0.3) is 0 Å². The van der Waals surface area contributed by atoms with E-state index >= 15 is 0 Å². The molecule has 0 saturated heterocycles. The lowest BCUT2D eigenvalue weighted by atomic mass is 10.2. The predicted octanol–water partition coefficient (Wildman–Crippen LogP) is 1.95. The van der Waals surface area contributed by atoms with Crippen molar-refractivity contribution >= 4 is 18.3 Å². The Labute approximate surface area is 101 Å². The Kier molecular flexibility index (Phi) is 5.65. The molecule has 4 nitrogen and oxygen atoms in total. The zero-order valence-electron chi connectivity index (χ0n) is 11.3. The molecule has 0 aromatic carbocycles. The van der Waals surface area contributed by atoms with Gasteiger partial charge in [-0.2, -0.15) is 0 Å². The van der Waals surface area contributed by atoms with E-state index in [1.165, 1.54) is 6.26 Å². The molecule has 0 rings (SSSR count). The number of hydrogen-bond donors (Lipinski definition) is 1. The van der Waals surface area contributed by atoms with Gasteiger partial charge < -0.3 is 4.43 Å². The normalized spacial score (nSPS) is 14.1. The third-order valence-corrected chi connectivity index (χ3v) is 8.22. The van der Waals surface area contributed by atoms with Gasteiger partial charge in [-0.05, 0) is 24.6 Å². The van der Waals surface area contributed by atoms with Gasteiger partial charge >= 0.3 is 0 Å². The van der Waals surface area contributed by atoms with E-state index in [0.29, 0.717) is 13.2 Å². The average molecular weight is 267 g/mol. The molecular weight excluding hydrogens is 242 g/mol. The minimum absolute atomic E-state index is 0.206. The van der Waals surface area contributed by atoms with E-state index in [4.69, 9.17) is 4.43 Å². The maximum Gasteiger partial charge on any atom is 0.208 e. The second kappa shape index (κ2) is 5.62. The van der Waals surface area contributed by atoms with Crippen LogP contribution in [-0.2, 0) is 14.4 Å². The molecule has 0 radical (unpaired) electrons. The van der Waals surface area contributed by atoms with Crippen molar-refractivity contribution in [2.24, 2.45) is 0 Å². The van der Waals surface area contributed by atoms with E-state index in [2.05, 4.69) is 38.6 Å². The summed E-state index contributed by atoms with van der Waals surface area (Å²) >= 11 is 0. The lowest BCUT2D eigenvalue weighted by Gasteiger charge is -2.36. The molecule has 0 saturated carbocycles. The molecule has 1 N–H and O–H groups in total. The van der Waals surface area contributed by atoms with Crippen molar-refractivity contribution in [3.63, 3.8) is 0 Å². The van der Waals surface area contributed by atoms with Crippen LogP contribution in [0.15, 0.2) is 0 Å². The number of sulfonamides is 1. The van der Waals surface area contributed by atoms with E-state index in [9.17, 15) is 8.42 Å². The monoisotopic (exact) mass is 267 g/mol. The first-order valence-corrected chi connectivity index (χ1v) is 10.3. The predicted molar refractivity (Wildman–Crippen MR) is 70.6 cm³/mol. The molecule has 0 unspecified atom stereocenters. The molecule has 0 atom stereocenters. The van der Waals surface area contributed by atoms with Gasteiger partial charge in [0.1, 0.15) is 0 Å². The first-order chi connectivity index (χ1) is 6.96. The summed E-state index contributed by atoms with van der Waals surface area (Å²) in [7, 11) is -4.74. The van der Waals surface area contributed by atoms with Crippen LogP contribution in [-0.4, -0.2) is 36.1 Å². The van der Waals surface area contributed by atoms with Crippen molar-refractivity contribution in [1.29, 1.82) is 0 Å². The molecule has 98 valence electrons. The Morgan fingerprint density at radius 2 is 1.75 bits per heavy atom. The second-order valence-electron chi connectivity index (χ2n) is 5.63. The topological polar surface area (TPSA) is 55.4 Å². The SMILES string of the molecule is CC(C)(C)[Si](C)(C)OCCCNS(C)(=O)=O. The zero-order valence-corrected chi connectivity index (χ0v) is 13.1. The third-order valence-electron chi connectivity index (χ3n) is 2.95. The van der Waals surface area contributed by atoms with E-state index in [1.54, 1.807) is 0 Å². The highest BCUT2D eigenvalue weighted by atomic mass is 32.2. The highest BCUT2D eigenvalue weighted by Crippen LogP contribution is 2.36. The summed E-state index contributed by atoms with van der Waals surface area (Å²) in [6.45, 7) is 12.0. The Hall–Kier alpha value is 0.0869. The summed E-state index contributed by atoms with van der Waals surface area (Å²) in [6, 6.07) is 0. The quantitative estimate of drug-likeness (QED) is 0.591. The van der Waals surface area contributed by atoms with Gasteiger partial charge in [0.05, 0.1) is 6.26 Å². The van der Waals surface area contributed by atoms with Crippen LogP contribution in [0.4, 0.5) is 0 Å². The van der Waals surface area contributed by atoms with Crippen LogP contribution < -0.4 is 4.72 Å². The van der Waals surface area contributed by atoms with Gasteiger partial charge in [0.15, 0.2) is 8.32 Å². The number of hydrogen-bond acceptors (Lipinski definition) is 3. The largest absolute Gasteiger partial charge is 0.417 e. The molecule has 0 amide bonds. The van der Waals surface area contributed by atoms with E-state index in [-0.39, 0.29) is 5.04 Å². The first-order valence-electron chi connectivity index (χ1n) is 5.54. The zero-order chi connectivity index (χ0) is 13.0. The Morgan fingerprint density at radius 1 is 1.25 bits per heavy atom. The van der Waals surface area contributed by atoms with Crippen LogP contribution in [0.3, 0.4) is 0 Å². The molecule has 0 aliphatic rings. The summed E-state index contributed by atoms with van der Waals surface area (Å²) in [5.41, 5.74) is 0. The lowest BCUT2D eigenvalue weighted by Crippen LogP contribution is -2.41. The standard InChI is InChI=1S/C10H25NO3SSi/c1-10(2,3)16(5,6)14-9-7-8-11-15(4,12)13/h11H,7-9H2,1-6H3. The number of nitrogens with one attached hydrogen (secondary N) is 1. The fourth-order valence-corrected chi connectivity index (χ4v) is 2.48. The highest BCUT2D eigenvalue weighted by Gasteiger charge is 2.36. The molecule has 0 aliphatic heterocycles. The van der Waals surface area contributed by atoms with Crippen LogP contribution in [0.1, 0.15) is 27.2 Å². The molecule has 16 heavy (non-hydrogen) atoms. The molecule has 0 aromatic heterocycles. The summed E-state index contributed by atoms with van der Waals surface area (Å²) in [6.07, 6.45) is 1.89. The smallest absolute Gasteiger partial charge is 0.208 e. The fraction of sp³-hybridized carbons (Fsp3) is 1.00. The van der Waals surface area contributed by atoms with Crippen LogP contribution in [0.5, 0.6) is 0 Å². The molecule has 6 heteroatoms. The van der Waals surface area contributed by atoms with Crippen LogP contribution >= 0.6 is 0 Å². The molecule has 0 heterocycles. The average Bonchev–Trinajstić information content (AvgIpc) is 1.98. The molecule has 0 aliphatic carbocycles. The third kappa shape index (κ3) is 6.62. The summed E-state index contributed by atoms with van der Waals surface area (Å²) in [5.74, 6) is 0. The molecule has 0 aromatic rings. The van der Waals surface area contributed by atoms with Crippen molar-refractivity contribution in [1.82, 2.24) is 4.72 Å². The van der Waals surface area contributed by atoms with E-state index in [1.807, 2.05) is 0 Å². The molecule has 0 spiro atoms. The minimum Gasteiger partial charge on any atom is -0.417 e. The first kappa shape index (κ1) is 16.1. The van der Waals surface area contributed by atoms with E-state index in [0.717, 1.165) is 6.42 Å². The van der Waals surface area contributed by atoms with Gasteiger partial charge in [-0.1, -0.05) is 20.8 Å². The maximum atomic E-state index is 10.8. The Morgan fingerprint density at radius 3 is 2.12 bits per heavy atom. The highest BCUT2D eigenvalue weighted by molar-refractivity contribution is 7.88. The van der Waals surface area contributed by atoms with Crippen LogP contribution in [0.2, 0.25) is 18.1 Å². The summed E-state index contributed by atoms with van der Waals surface area (Å²) < 4.78 is 30.0. The molecular formula is C10H25NO3SSi.